The van der Waals surface area contributed by atoms with Crippen molar-refractivity contribution in [3.05, 3.63) is 17.0 Å². The SMILES string of the molecule is O=C(Cc1ccc(S(=O)(=O)Cl)s1)NCC1CCCS1(=O)=O. The van der Waals surface area contributed by atoms with Crippen LogP contribution in [0.4, 0.5) is 0 Å². The summed E-state index contributed by atoms with van der Waals surface area (Å²) in [6, 6.07) is 2.86. The second-order valence-corrected chi connectivity index (χ2v) is 11.1. The van der Waals surface area contributed by atoms with Crippen molar-refractivity contribution in [1.29, 1.82) is 0 Å². The number of rotatable bonds is 5. The molecule has 0 aliphatic carbocycles. The van der Waals surface area contributed by atoms with Gasteiger partial charge in [0.1, 0.15) is 4.21 Å². The molecule has 0 bridgehead atoms. The molecule has 1 aliphatic rings. The summed E-state index contributed by atoms with van der Waals surface area (Å²) in [5.41, 5.74) is 0. The molecule has 1 aromatic rings. The molecule has 2 rings (SSSR count). The Kier molecular flexibility index (Phi) is 4.96. The minimum atomic E-state index is -3.78. The van der Waals surface area contributed by atoms with Crippen molar-refractivity contribution in [2.45, 2.75) is 28.7 Å². The fraction of sp³-hybridized carbons (Fsp3) is 0.545. The van der Waals surface area contributed by atoms with E-state index in [0.29, 0.717) is 17.7 Å². The van der Waals surface area contributed by atoms with Crippen LogP contribution in [0.15, 0.2) is 16.3 Å². The number of carbonyl (C=O) groups is 1. The third kappa shape index (κ3) is 4.41. The molecule has 1 amide bonds. The second-order valence-electron chi connectivity index (χ2n) is 4.77. The van der Waals surface area contributed by atoms with Crippen molar-refractivity contribution in [3.8, 4) is 0 Å². The monoisotopic (exact) mass is 371 g/mol. The van der Waals surface area contributed by atoms with Gasteiger partial charge < -0.3 is 5.32 Å². The van der Waals surface area contributed by atoms with Gasteiger partial charge in [-0.3, -0.25) is 4.79 Å². The van der Waals surface area contributed by atoms with E-state index in [-0.39, 0.29) is 28.8 Å². The zero-order valence-electron chi connectivity index (χ0n) is 10.9. The highest BCUT2D eigenvalue weighted by Gasteiger charge is 2.31. The molecule has 0 saturated carbocycles. The summed E-state index contributed by atoms with van der Waals surface area (Å²) in [4.78, 5) is 12.3. The first-order chi connectivity index (χ1) is 9.68. The number of halogens is 1. The number of carbonyl (C=O) groups excluding carboxylic acids is 1. The molecule has 1 saturated heterocycles. The summed E-state index contributed by atoms with van der Waals surface area (Å²) in [5.74, 6) is -0.160. The number of sulfone groups is 1. The van der Waals surface area contributed by atoms with Crippen LogP contribution in [0.5, 0.6) is 0 Å². The van der Waals surface area contributed by atoms with Crippen LogP contribution in [0, 0.1) is 0 Å². The average Bonchev–Trinajstić information content (AvgIpc) is 2.92. The lowest BCUT2D eigenvalue weighted by atomic mass is 10.2. The molecule has 2 heterocycles. The Labute approximate surface area is 131 Å². The Morgan fingerprint density at radius 2 is 2.14 bits per heavy atom. The zero-order valence-corrected chi connectivity index (χ0v) is 14.1. The van der Waals surface area contributed by atoms with Gasteiger partial charge in [0.2, 0.25) is 5.91 Å². The number of nitrogens with one attached hydrogen (secondary N) is 1. The fourth-order valence-corrected chi connectivity index (χ4v) is 6.01. The quantitative estimate of drug-likeness (QED) is 0.776. The number of amides is 1. The molecule has 1 aliphatic heterocycles. The van der Waals surface area contributed by atoms with Crippen LogP contribution >= 0.6 is 22.0 Å². The summed E-state index contributed by atoms with van der Waals surface area (Å²) in [6.07, 6.45) is 1.20. The van der Waals surface area contributed by atoms with E-state index in [2.05, 4.69) is 5.32 Å². The van der Waals surface area contributed by atoms with Crippen LogP contribution in [0.25, 0.3) is 0 Å². The van der Waals surface area contributed by atoms with Gasteiger partial charge in [-0.05, 0) is 25.0 Å². The predicted octanol–water partition coefficient (Wildman–Crippen LogP) is 0.912. The number of hydrogen-bond acceptors (Lipinski definition) is 6. The van der Waals surface area contributed by atoms with E-state index in [1.54, 1.807) is 0 Å². The molecule has 1 atom stereocenters. The van der Waals surface area contributed by atoms with Crippen molar-refractivity contribution in [3.63, 3.8) is 0 Å². The Hall–Kier alpha value is -0.640. The average molecular weight is 372 g/mol. The van der Waals surface area contributed by atoms with Crippen molar-refractivity contribution in [2.24, 2.45) is 0 Å². The molecular formula is C11H14ClNO5S3. The third-order valence-electron chi connectivity index (χ3n) is 3.20. The van der Waals surface area contributed by atoms with Crippen LogP contribution in [0.3, 0.4) is 0 Å². The number of thiophene rings is 1. The lowest BCUT2D eigenvalue weighted by molar-refractivity contribution is -0.120. The van der Waals surface area contributed by atoms with Gasteiger partial charge in [-0.2, -0.15) is 0 Å². The Morgan fingerprint density at radius 3 is 2.67 bits per heavy atom. The molecule has 6 nitrogen and oxygen atoms in total. The maximum absolute atomic E-state index is 11.8. The second kappa shape index (κ2) is 6.23. The van der Waals surface area contributed by atoms with Crippen molar-refractivity contribution in [1.82, 2.24) is 5.32 Å². The molecule has 21 heavy (non-hydrogen) atoms. The summed E-state index contributed by atoms with van der Waals surface area (Å²) < 4.78 is 45.4. The molecule has 0 aromatic carbocycles. The van der Waals surface area contributed by atoms with E-state index in [1.807, 2.05) is 0 Å². The lowest BCUT2D eigenvalue weighted by Gasteiger charge is -2.10. The first kappa shape index (κ1) is 16.7. The normalized spacial score (nSPS) is 21.3. The largest absolute Gasteiger partial charge is 0.354 e. The van der Waals surface area contributed by atoms with E-state index in [0.717, 1.165) is 11.3 Å². The molecule has 1 unspecified atom stereocenters. The van der Waals surface area contributed by atoms with Crippen LogP contribution in [0.1, 0.15) is 17.7 Å². The maximum atomic E-state index is 11.8. The van der Waals surface area contributed by atoms with Crippen molar-refractivity contribution < 1.29 is 21.6 Å². The van der Waals surface area contributed by atoms with E-state index in [9.17, 15) is 21.6 Å². The van der Waals surface area contributed by atoms with Crippen LogP contribution in [0.2, 0.25) is 0 Å². The Balaban J connectivity index is 1.89. The highest BCUT2D eigenvalue weighted by Crippen LogP contribution is 2.25. The van der Waals surface area contributed by atoms with Gasteiger partial charge in [0.25, 0.3) is 9.05 Å². The van der Waals surface area contributed by atoms with E-state index < -0.39 is 24.1 Å². The summed E-state index contributed by atoms with van der Waals surface area (Å²) in [5, 5.41) is 2.07. The summed E-state index contributed by atoms with van der Waals surface area (Å²) in [7, 11) is -1.66. The van der Waals surface area contributed by atoms with Gasteiger partial charge in [0.15, 0.2) is 9.84 Å². The maximum Gasteiger partial charge on any atom is 0.270 e. The van der Waals surface area contributed by atoms with Gasteiger partial charge in [-0.25, -0.2) is 16.8 Å². The highest BCUT2D eigenvalue weighted by molar-refractivity contribution is 8.15. The van der Waals surface area contributed by atoms with Crippen LogP contribution < -0.4 is 5.32 Å². The summed E-state index contributed by atoms with van der Waals surface area (Å²) in [6.45, 7) is 0.104. The smallest absolute Gasteiger partial charge is 0.270 e. The first-order valence-electron chi connectivity index (χ1n) is 6.20. The van der Waals surface area contributed by atoms with Gasteiger partial charge in [-0.15, -0.1) is 11.3 Å². The molecule has 0 radical (unpaired) electrons. The topological polar surface area (TPSA) is 97.4 Å². The van der Waals surface area contributed by atoms with Gasteiger partial charge >= 0.3 is 0 Å². The lowest BCUT2D eigenvalue weighted by Crippen LogP contribution is -2.35. The van der Waals surface area contributed by atoms with Crippen LogP contribution in [-0.4, -0.2) is 40.3 Å². The molecule has 118 valence electrons. The third-order valence-corrected chi connectivity index (χ3v) is 8.66. The molecule has 1 N–H and O–H groups in total. The molecule has 0 spiro atoms. The molecular weight excluding hydrogens is 358 g/mol. The first-order valence-corrected chi connectivity index (χ1v) is 11.0. The molecule has 10 heteroatoms. The zero-order chi connectivity index (χ0) is 15.7. The highest BCUT2D eigenvalue weighted by atomic mass is 35.7. The minimum Gasteiger partial charge on any atom is -0.354 e. The number of hydrogen-bond donors (Lipinski definition) is 1. The van der Waals surface area contributed by atoms with Gasteiger partial charge in [0.05, 0.1) is 17.4 Å². The van der Waals surface area contributed by atoms with E-state index >= 15 is 0 Å². The molecule has 1 fully saturated rings. The predicted molar refractivity (Wildman–Crippen MR) is 80.9 cm³/mol. The van der Waals surface area contributed by atoms with Gasteiger partial charge in [0, 0.05) is 22.1 Å². The van der Waals surface area contributed by atoms with Crippen molar-refractivity contribution in [2.75, 3.05) is 12.3 Å². The van der Waals surface area contributed by atoms with Crippen molar-refractivity contribution >= 4 is 46.8 Å². The minimum absolute atomic E-state index is 0.00381. The fourth-order valence-electron chi connectivity index (χ4n) is 2.12. The Bertz CT molecular complexity index is 738. The van der Waals surface area contributed by atoms with E-state index in [1.165, 1.54) is 12.1 Å². The summed E-state index contributed by atoms with van der Waals surface area (Å²) >= 11 is 0.927. The van der Waals surface area contributed by atoms with Gasteiger partial charge in [-0.1, -0.05) is 0 Å². The molecule has 1 aromatic heterocycles. The van der Waals surface area contributed by atoms with E-state index in [4.69, 9.17) is 10.7 Å². The van der Waals surface area contributed by atoms with Crippen LogP contribution in [-0.2, 0) is 30.1 Å². The Morgan fingerprint density at radius 1 is 1.43 bits per heavy atom. The standard InChI is InChI=1S/C11H14ClNO5S3/c12-21(17,18)11-4-3-8(19-11)6-10(14)13-7-9-2-1-5-20(9,15)16/h3-4,9H,1-2,5-7H2,(H,13,14).